The number of thiophene rings is 1. The van der Waals surface area contributed by atoms with Crippen molar-refractivity contribution < 1.29 is 13.9 Å². The molecule has 10 heteroatoms. The van der Waals surface area contributed by atoms with Gasteiger partial charge in [0.05, 0.1) is 20.5 Å². The van der Waals surface area contributed by atoms with E-state index in [1.807, 2.05) is 31.2 Å². The monoisotopic (exact) mass is 531 g/mol. The van der Waals surface area contributed by atoms with Gasteiger partial charge in [0, 0.05) is 11.1 Å². The molecule has 2 atom stereocenters. The summed E-state index contributed by atoms with van der Waals surface area (Å²) in [6.07, 6.45) is 2.23. The quantitative estimate of drug-likeness (QED) is 0.268. The van der Waals surface area contributed by atoms with Gasteiger partial charge >= 0.3 is 0 Å². The number of anilines is 1. The fourth-order valence-electron chi connectivity index (χ4n) is 4.73. The number of nitrogen functional groups attached to an aromatic ring is 1. The molecular weight excluding hydrogens is 513 g/mol. The van der Waals surface area contributed by atoms with Gasteiger partial charge in [-0.2, -0.15) is 5.10 Å². The minimum Gasteiger partial charge on any atom is -0.459 e. The number of aromatic nitrogens is 4. The van der Waals surface area contributed by atoms with Crippen LogP contribution in [0.15, 0.2) is 72.8 Å². The smallest absolute Gasteiger partial charge is 0.164 e. The molecule has 37 heavy (non-hydrogen) atoms. The van der Waals surface area contributed by atoms with Crippen molar-refractivity contribution in [3.05, 3.63) is 94.0 Å². The van der Waals surface area contributed by atoms with Gasteiger partial charge in [0.1, 0.15) is 47.5 Å². The van der Waals surface area contributed by atoms with Crippen molar-refractivity contribution in [1.29, 1.82) is 0 Å². The minimum absolute atomic E-state index is 0.281. The number of hydrogen-bond donors (Lipinski definition) is 1. The number of allylic oxidation sites excluding steroid dienone is 2. The van der Waals surface area contributed by atoms with Crippen LogP contribution in [0.5, 0.6) is 5.75 Å². The third kappa shape index (κ3) is 3.87. The summed E-state index contributed by atoms with van der Waals surface area (Å²) in [5.41, 5.74) is 9.17. The van der Waals surface area contributed by atoms with Gasteiger partial charge in [0.15, 0.2) is 5.65 Å². The van der Waals surface area contributed by atoms with Crippen LogP contribution >= 0.6 is 22.9 Å². The highest BCUT2D eigenvalue weighted by Crippen LogP contribution is 2.46. The largest absolute Gasteiger partial charge is 0.459 e. The molecule has 0 saturated heterocycles. The minimum atomic E-state index is -0.665. The van der Waals surface area contributed by atoms with Gasteiger partial charge in [-0.05, 0) is 42.8 Å². The average molecular weight is 532 g/mol. The van der Waals surface area contributed by atoms with E-state index in [9.17, 15) is 9.18 Å². The number of nitrogens with two attached hydrogens (primary N) is 1. The predicted octanol–water partition coefficient (Wildman–Crippen LogP) is 6.28. The number of hydrogen-bond acceptors (Lipinski definition) is 7. The fraction of sp³-hybridized carbons (Fsp3) is 0.111. The Hall–Kier alpha value is -4.08. The summed E-state index contributed by atoms with van der Waals surface area (Å²) in [7, 11) is 0. The molecule has 0 radical (unpaired) electrons. The van der Waals surface area contributed by atoms with E-state index in [0.29, 0.717) is 49.3 Å². The number of fused-ring (bicyclic) bond motifs is 2. The number of aldehydes is 1. The number of halogens is 2. The molecule has 7 nitrogen and oxygen atoms in total. The third-order valence-corrected chi connectivity index (χ3v) is 7.63. The van der Waals surface area contributed by atoms with E-state index in [2.05, 4.69) is 9.97 Å². The van der Waals surface area contributed by atoms with Crippen LogP contribution in [-0.4, -0.2) is 26.0 Å². The Morgan fingerprint density at radius 2 is 2.00 bits per heavy atom. The predicted molar refractivity (Wildman–Crippen MR) is 142 cm³/mol. The standard InChI is InChI=1S/C27H19ClFN5O2S/c1-14(34-27-23(26(30)31-13-32-27)24(33-34)20-9-10-21(28)37-20)25-22(15-5-4-6-16(29)11-15)18(12-35)17-7-2-3-8-19(17)36-25/h2-14,18H,1H3,(H2,30,31,32). The molecule has 1 aliphatic heterocycles. The maximum absolute atomic E-state index is 14.3. The summed E-state index contributed by atoms with van der Waals surface area (Å²) in [5.74, 6) is 0.211. The molecule has 1 aliphatic rings. The van der Waals surface area contributed by atoms with Gasteiger partial charge in [-0.15, -0.1) is 11.3 Å². The Morgan fingerprint density at radius 1 is 1.16 bits per heavy atom. The number of para-hydroxylation sites is 1. The lowest BCUT2D eigenvalue weighted by atomic mass is 9.83. The molecule has 0 aliphatic carbocycles. The maximum atomic E-state index is 14.3. The number of carbonyl (C=O) groups is 1. The second-order valence-corrected chi connectivity index (χ2v) is 10.3. The van der Waals surface area contributed by atoms with Gasteiger partial charge in [-0.3, -0.25) is 0 Å². The molecule has 184 valence electrons. The molecule has 3 aromatic heterocycles. The van der Waals surface area contributed by atoms with E-state index in [1.54, 1.807) is 28.9 Å². The van der Waals surface area contributed by atoms with Gasteiger partial charge in [-0.25, -0.2) is 19.0 Å². The molecule has 0 saturated carbocycles. The second-order valence-electron chi connectivity index (χ2n) is 8.57. The molecule has 2 unspecified atom stereocenters. The summed E-state index contributed by atoms with van der Waals surface area (Å²) >= 11 is 7.57. The molecule has 4 heterocycles. The average Bonchev–Trinajstić information content (AvgIpc) is 3.51. The van der Waals surface area contributed by atoms with E-state index < -0.39 is 17.8 Å². The summed E-state index contributed by atoms with van der Waals surface area (Å²) < 4.78 is 23.1. The SMILES string of the molecule is CC(C1=C(c2cccc(F)c2)C(C=O)c2ccccc2O1)n1nc(-c2ccc(Cl)s2)c2c(N)ncnc21. The highest BCUT2D eigenvalue weighted by molar-refractivity contribution is 7.19. The van der Waals surface area contributed by atoms with Gasteiger partial charge < -0.3 is 15.3 Å². The second kappa shape index (κ2) is 9.10. The summed E-state index contributed by atoms with van der Waals surface area (Å²) in [5, 5.41) is 5.46. The molecule has 0 bridgehead atoms. The van der Waals surface area contributed by atoms with Crippen molar-refractivity contribution in [2.45, 2.75) is 18.9 Å². The molecule has 0 spiro atoms. The highest BCUT2D eigenvalue weighted by Gasteiger charge is 2.35. The molecule has 6 rings (SSSR count). The van der Waals surface area contributed by atoms with Crippen LogP contribution in [0.2, 0.25) is 4.34 Å². The van der Waals surface area contributed by atoms with Crippen LogP contribution in [-0.2, 0) is 4.79 Å². The highest BCUT2D eigenvalue weighted by atomic mass is 35.5. The van der Waals surface area contributed by atoms with Gasteiger partial charge in [0.2, 0.25) is 0 Å². The van der Waals surface area contributed by atoms with E-state index in [-0.39, 0.29) is 5.82 Å². The normalized spacial score (nSPS) is 15.9. The third-order valence-electron chi connectivity index (χ3n) is 6.39. The topological polar surface area (TPSA) is 95.9 Å². The maximum Gasteiger partial charge on any atom is 0.164 e. The number of carbonyl (C=O) groups excluding carboxylic acids is 1. The van der Waals surface area contributed by atoms with E-state index in [4.69, 9.17) is 27.2 Å². The van der Waals surface area contributed by atoms with Crippen molar-refractivity contribution in [2.75, 3.05) is 5.73 Å². The Bertz CT molecular complexity index is 1710. The molecular formula is C27H19ClFN5O2S. The first kappa shape index (κ1) is 23.3. The van der Waals surface area contributed by atoms with Gasteiger partial charge in [-0.1, -0.05) is 41.9 Å². The van der Waals surface area contributed by atoms with Crippen molar-refractivity contribution in [2.24, 2.45) is 0 Å². The summed E-state index contributed by atoms with van der Waals surface area (Å²) in [4.78, 5) is 21.9. The Balaban J connectivity index is 1.61. The summed E-state index contributed by atoms with van der Waals surface area (Å²) in [6.45, 7) is 1.89. The zero-order valence-corrected chi connectivity index (χ0v) is 21.0. The summed E-state index contributed by atoms with van der Waals surface area (Å²) in [6, 6.07) is 16.6. The van der Waals surface area contributed by atoms with Gasteiger partial charge in [0.25, 0.3) is 0 Å². The van der Waals surface area contributed by atoms with Crippen molar-refractivity contribution >= 4 is 51.6 Å². The Labute approximate surface area is 220 Å². The van der Waals surface area contributed by atoms with E-state index >= 15 is 0 Å². The van der Waals surface area contributed by atoms with Crippen molar-refractivity contribution in [3.8, 4) is 16.3 Å². The number of ether oxygens (including phenoxy) is 1. The van der Waals surface area contributed by atoms with Crippen LogP contribution in [0.3, 0.4) is 0 Å². The lowest BCUT2D eigenvalue weighted by Crippen LogP contribution is -2.23. The number of benzene rings is 2. The first-order chi connectivity index (χ1) is 18.0. The molecule has 0 amide bonds. The molecule has 5 aromatic rings. The molecule has 2 aromatic carbocycles. The van der Waals surface area contributed by atoms with E-state index in [0.717, 1.165) is 11.2 Å². The number of rotatable bonds is 5. The van der Waals surface area contributed by atoms with E-state index in [1.165, 1.54) is 29.8 Å². The number of nitrogens with zero attached hydrogens (tertiary/aromatic N) is 4. The first-order valence-corrected chi connectivity index (χ1v) is 12.6. The lowest BCUT2D eigenvalue weighted by molar-refractivity contribution is -0.108. The van der Waals surface area contributed by atoms with Crippen LogP contribution in [0.25, 0.3) is 27.2 Å². The van der Waals surface area contributed by atoms with Crippen LogP contribution in [0, 0.1) is 5.82 Å². The Morgan fingerprint density at radius 3 is 2.76 bits per heavy atom. The first-order valence-electron chi connectivity index (χ1n) is 11.4. The zero-order chi connectivity index (χ0) is 25.7. The lowest BCUT2D eigenvalue weighted by Gasteiger charge is -2.31. The van der Waals surface area contributed by atoms with Crippen molar-refractivity contribution in [3.63, 3.8) is 0 Å². The Kier molecular flexibility index (Phi) is 5.73. The molecule has 0 fully saturated rings. The fourth-order valence-corrected chi connectivity index (χ4v) is 5.77. The van der Waals surface area contributed by atoms with Crippen molar-refractivity contribution in [1.82, 2.24) is 19.7 Å². The van der Waals surface area contributed by atoms with Crippen LogP contribution in [0.1, 0.15) is 30.0 Å². The van der Waals surface area contributed by atoms with Crippen LogP contribution in [0.4, 0.5) is 10.2 Å². The molecule has 2 N–H and O–H groups in total. The zero-order valence-electron chi connectivity index (χ0n) is 19.4. The van der Waals surface area contributed by atoms with Crippen LogP contribution < -0.4 is 10.5 Å².